The second-order valence-corrected chi connectivity index (χ2v) is 5.28. The van der Waals surface area contributed by atoms with Crippen LogP contribution in [0, 0.1) is 0 Å². The fourth-order valence-corrected chi connectivity index (χ4v) is 2.53. The highest BCUT2D eigenvalue weighted by Gasteiger charge is 2.31. The molecule has 3 heterocycles. The molecular weight excluding hydrogens is 242 g/mol. The Morgan fingerprint density at radius 2 is 2.26 bits per heavy atom. The van der Waals surface area contributed by atoms with E-state index in [-0.39, 0.29) is 5.60 Å². The summed E-state index contributed by atoms with van der Waals surface area (Å²) in [5.41, 5.74) is 0.771. The lowest BCUT2D eigenvalue weighted by Gasteiger charge is -2.40. The third-order valence-corrected chi connectivity index (χ3v) is 3.89. The number of hydrogen-bond donors (Lipinski definition) is 0. The number of hydrogen-bond acceptors (Lipinski definition) is 5. The molecular formula is C13H19N5O. The van der Waals surface area contributed by atoms with Gasteiger partial charge in [0.15, 0.2) is 5.65 Å². The molecule has 1 fully saturated rings. The molecule has 0 amide bonds. The summed E-state index contributed by atoms with van der Waals surface area (Å²) in [5, 5.41) is 5.27. The molecule has 6 heteroatoms. The molecule has 1 aliphatic heterocycles. The van der Waals surface area contributed by atoms with Crippen molar-refractivity contribution >= 4 is 16.9 Å². The maximum absolute atomic E-state index is 5.88. The van der Waals surface area contributed by atoms with Crippen molar-refractivity contribution in [3.8, 4) is 0 Å². The van der Waals surface area contributed by atoms with Gasteiger partial charge in [0, 0.05) is 20.1 Å². The van der Waals surface area contributed by atoms with Crippen LogP contribution in [0.5, 0.6) is 0 Å². The van der Waals surface area contributed by atoms with Gasteiger partial charge in [-0.2, -0.15) is 5.10 Å². The van der Waals surface area contributed by atoms with E-state index in [9.17, 15) is 0 Å². The zero-order chi connectivity index (χ0) is 13.5. The van der Waals surface area contributed by atoms with Gasteiger partial charge in [0.2, 0.25) is 0 Å². The number of fused-ring (bicyclic) bond motifs is 1. The number of rotatable bonds is 2. The minimum Gasteiger partial charge on any atom is -0.372 e. The van der Waals surface area contributed by atoms with Crippen LogP contribution in [0.15, 0.2) is 12.5 Å². The van der Waals surface area contributed by atoms with Crippen LogP contribution in [0.3, 0.4) is 0 Å². The molecule has 0 N–H and O–H groups in total. The molecule has 0 bridgehead atoms. The van der Waals surface area contributed by atoms with Crippen molar-refractivity contribution in [2.45, 2.75) is 25.9 Å². The Kier molecular flexibility index (Phi) is 2.89. The van der Waals surface area contributed by atoms with E-state index in [2.05, 4.69) is 33.8 Å². The average Bonchev–Trinajstić information content (AvgIpc) is 2.81. The minimum absolute atomic E-state index is 0.0995. The molecule has 1 atom stereocenters. The molecule has 102 valence electrons. The van der Waals surface area contributed by atoms with Gasteiger partial charge >= 0.3 is 0 Å². The van der Waals surface area contributed by atoms with Crippen LogP contribution >= 0.6 is 0 Å². The highest BCUT2D eigenvalue weighted by atomic mass is 16.5. The number of ether oxygens (including phenoxy) is 1. The molecule has 0 spiro atoms. The lowest BCUT2D eigenvalue weighted by Crippen LogP contribution is -2.50. The topological polar surface area (TPSA) is 56.1 Å². The summed E-state index contributed by atoms with van der Waals surface area (Å²) in [4.78, 5) is 11.0. The van der Waals surface area contributed by atoms with Gasteiger partial charge in [-0.15, -0.1) is 0 Å². The Bertz CT molecular complexity index is 596. The molecule has 0 radical (unpaired) electrons. The summed E-state index contributed by atoms with van der Waals surface area (Å²) in [7, 11) is 1.90. The Balaban J connectivity index is 2.00. The number of aryl methyl sites for hydroxylation is 1. The molecule has 0 saturated carbocycles. The van der Waals surface area contributed by atoms with Crippen molar-refractivity contribution < 1.29 is 4.74 Å². The first-order valence-corrected chi connectivity index (χ1v) is 6.64. The predicted octanol–water partition coefficient (Wildman–Crippen LogP) is 1.37. The molecule has 1 saturated heterocycles. The zero-order valence-corrected chi connectivity index (χ0v) is 11.6. The van der Waals surface area contributed by atoms with Gasteiger partial charge in [0.05, 0.1) is 23.8 Å². The number of anilines is 1. The van der Waals surface area contributed by atoms with Gasteiger partial charge in [0.1, 0.15) is 12.1 Å². The number of morpholine rings is 1. The highest BCUT2D eigenvalue weighted by Crippen LogP contribution is 2.28. The van der Waals surface area contributed by atoms with E-state index < -0.39 is 0 Å². The zero-order valence-electron chi connectivity index (χ0n) is 11.6. The fraction of sp³-hybridized carbons (Fsp3) is 0.615. The molecule has 1 unspecified atom stereocenters. The van der Waals surface area contributed by atoms with E-state index in [0.717, 1.165) is 43.0 Å². The van der Waals surface area contributed by atoms with Gasteiger partial charge < -0.3 is 9.64 Å². The maximum atomic E-state index is 5.88. The van der Waals surface area contributed by atoms with Crippen LogP contribution in [0.4, 0.5) is 5.82 Å². The Morgan fingerprint density at radius 1 is 1.42 bits per heavy atom. The third-order valence-electron chi connectivity index (χ3n) is 3.89. The summed E-state index contributed by atoms with van der Waals surface area (Å²) in [6.45, 7) is 6.75. The van der Waals surface area contributed by atoms with Crippen LogP contribution in [-0.2, 0) is 11.8 Å². The molecule has 3 rings (SSSR count). The van der Waals surface area contributed by atoms with Crippen molar-refractivity contribution in [2.24, 2.45) is 7.05 Å². The van der Waals surface area contributed by atoms with Gasteiger partial charge in [-0.1, -0.05) is 6.92 Å². The van der Waals surface area contributed by atoms with E-state index in [0.29, 0.717) is 0 Å². The normalized spacial score (nSPS) is 24.1. The number of nitrogens with zero attached hydrogens (tertiary/aromatic N) is 5. The first-order chi connectivity index (χ1) is 9.13. The Hall–Kier alpha value is -1.69. The smallest absolute Gasteiger partial charge is 0.163 e. The molecule has 0 aromatic carbocycles. The minimum atomic E-state index is -0.0995. The SMILES string of the molecule is CCC1(C)CN(c2ncnc3c2cnn3C)CCO1. The van der Waals surface area contributed by atoms with Crippen LogP contribution in [0.2, 0.25) is 0 Å². The Labute approximate surface area is 112 Å². The fourth-order valence-electron chi connectivity index (χ4n) is 2.53. The van der Waals surface area contributed by atoms with Crippen LogP contribution < -0.4 is 4.90 Å². The molecule has 6 nitrogen and oxygen atoms in total. The van der Waals surface area contributed by atoms with E-state index in [4.69, 9.17) is 4.74 Å². The lowest BCUT2D eigenvalue weighted by atomic mass is 10.0. The first kappa shape index (κ1) is 12.3. The molecule has 2 aromatic rings. The summed E-state index contributed by atoms with van der Waals surface area (Å²) < 4.78 is 7.66. The quantitative estimate of drug-likeness (QED) is 0.817. The van der Waals surface area contributed by atoms with Crippen molar-refractivity contribution in [1.82, 2.24) is 19.7 Å². The van der Waals surface area contributed by atoms with Crippen LogP contribution in [0.1, 0.15) is 20.3 Å². The monoisotopic (exact) mass is 261 g/mol. The summed E-state index contributed by atoms with van der Waals surface area (Å²) in [5.74, 6) is 0.959. The molecule has 2 aromatic heterocycles. The summed E-state index contributed by atoms with van der Waals surface area (Å²) in [6, 6.07) is 0. The lowest BCUT2D eigenvalue weighted by molar-refractivity contribution is -0.0442. The third kappa shape index (κ3) is 2.06. The van der Waals surface area contributed by atoms with Crippen molar-refractivity contribution in [3.05, 3.63) is 12.5 Å². The standard InChI is InChI=1S/C13H19N5O/c1-4-13(2)8-18(5-6-19-13)12-10-7-16-17(3)11(10)14-9-15-12/h7,9H,4-6,8H2,1-3H3. The maximum Gasteiger partial charge on any atom is 0.163 e. The largest absolute Gasteiger partial charge is 0.372 e. The molecule has 19 heavy (non-hydrogen) atoms. The summed E-state index contributed by atoms with van der Waals surface area (Å²) in [6.07, 6.45) is 4.44. The van der Waals surface area contributed by atoms with E-state index in [1.54, 1.807) is 11.0 Å². The van der Waals surface area contributed by atoms with Crippen LogP contribution in [-0.4, -0.2) is 45.0 Å². The van der Waals surface area contributed by atoms with Crippen molar-refractivity contribution in [1.29, 1.82) is 0 Å². The van der Waals surface area contributed by atoms with Crippen LogP contribution in [0.25, 0.3) is 11.0 Å². The number of aromatic nitrogens is 4. The van der Waals surface area contributed by atoms with E-state index in [1.165, 1.54) is 0 Å². The van der Waals surface area contributed by atoms with Gasteiger partial charge in [-0.3, -0.25) is 4.68 Å². The predicted molar refractivity (Wildman–Crippen MR) is 73.2 cm³/mol. The van der Waals surface area contributed by atoms with Gasteiger partial charge in [0.25, 0.3) is 0 Å². The summed E-state index contributed by atoms with van der Waals surface area (Å²) >= 11 is 0. The second kappa shape index (κ2) is 4.45. The van der Waals surface area contributed by atoms with Crippen molar-refractivity contribution in [3.63, 3.8) is 0 Å². The second-order valence-electron chi connectivity index (χ2n) is 5.28. The van der Waals surface area contributed by atoms with Gasteiger partial charge in [-0.05, 0) is 13.3 Å². The first-order valence-electron chi connectivity index (χ1n) is 6.64. The Morgan fingerprint density at radius 3 is 3.05 bits per heavy atom. The molecule has 0 aliphatic carbocycles. The van der Waals surface area contributed by atoms with Gasteiger partial charge in [-0.25, -0.2) is 9.97 Å². The average molecular weight is 261 g/mol. The molecule has 1 aliphatic rings. The van der Waals surface area contributed by atoms with E-state index >= 15 is 0 Å². The van der Waals surface area contributed by atoms with E-state index in [1.807, 2.05) is 13.2 Å². The highest BCUT2D eigenvalue weighted by molar-refractivity contribution is 5.86. The van der Waals surface area contributed by atoms with Crippen molar-refractivity contribution in [2.75, 3.05) is 24.6 Å².